The van der Waals surface area contributed by atoms with Gasteiger partial charge in [-0.25, -0.2) is 0 Å². The molecule has 0 spiro atoms. The van der Waals surface area contributed by atoms with Crippen molar-refractivity contribution >= 4 is 16.9 Å². The Labute approximate surface area is 113 Å². The fourth-order valence-electron chi connectivity index (χ4n) is 1.89. The lowest BCUT2D eigenvalue weighted by Gasteiger charge is -2.10. The molecular weight excluding hydrogens is 240 g/mol. The molecule has 1 aromatic carbocycles. The number of carbonyl (C=O) groups excluding carboxylic acids is 1. The highest BCUT2D eigenvalue weighted by molar-refractivity contribution is 5.78. The lowest BCUT2D eigenvalue weighted by atomic mass is 10.2. The van der Waals surface area contributed by atoms with Crippen LogP contribution >= 0.6 is 0 Å². The SMILES string of the molecule is CCCNC(=O)CNC(C)c1cc2ccccc2o1. The zero-order chi connectivity index (χ0) is 13.7. The molecule has 4 heteroatoms. The topological polar surface area (TPSA) is 54.3 Å². The summed E-state index contributed by atoms with van der Waals surface area (Å²) in [5.41, 5.74) is 0.876. The molecule has 0 fully saturated rings. The number of benzene rings is 1. The third-order valence-corrected chi connectivity index (χ3v) is 3.01. The minimum Gasteiger partial charge on any atom is -0.459 e. The van der Waals surface area contributed by atoms with Crippen LogP contribution in [0.15, 0.2) is 34.7 Å². The van der Waals surface area contributed by atoms with E-state index in [2.05, 4.69) is 10.6 Å². The molecule has 102 valence electrons. The van der Waals surface area contributed by atoms with Gasteiger partial charge < -0.3 is 9.73 Å². The third kappa shape index (κ3) is 3.58. The first-order valence-electron chi connectivity index (χ1n) is 6.69. The average molecular weight is 260 g/mol. The number of rotatable bonds is 6. The van der Waals surface area contributed by atoms with Gasteiger partial charge in [-0.3, -0.25) is 10.1 Å². The van der Waals surface area contributed by atoms with E-state index in [4.69, 9.17) is 4.42 Å². The van der Waals surface area contributed by atoms with E-state index < -0.39 is 0 Å². The summed E-state index contributed by atoms with van der Waals surface area (Å²) < 4.78 is 5.75. The Hall–Kier alpha value is -1.81. The van der Waals surface area contributed by atoms with Crippen molar-refractivity contribution in [3.8, 4) is 0 Å². The lowest BCUT2D eigenvalue weighted by Crippen LogP contribution is -2.35. The summed E-state index contributed by atoms with van der Waals surface area (Å²) >= 11 is 0. The van der Waals surface area contributed by atoms with E-state index in [0.717, 1.165) is 29.7 Å². The normalized spacial score (nSPS) is 12.5. The van der Waals surface area contributed by atoms with Crippen molar-refractivity contribution in [2.24, 2.45) is 0 Å². The summed E-state index contributed by atoms with van der Waals surface area (Å²) in [6.45, 7) is 5.05. The van der Waals surface area contributed by atoms with Gasteiger partial charge in [0.25, 0.3) is 0 Å². The molecule has 1 aromatic heterocycles. The van der Waals surface area contributed by atoms with Crippen molar-refractivity contribution < 1.29 is 9.21 Å². The van der Waals surface area contributed by atoms with Crippen molar-refractivity contribution in [2.45, 2.75) is 26.3 Å². The molecule has 0 saturated heterocycles. The van der Waals surface area contributed by atoms with E-state index in [1.165, 1.54) is 0 Å². The van der Waals surface area contributed by atoms with Crippen LogP contribution in [0.2, 0.25) is 0 Å². The summed E-state index contributed by atoms with van der Waals surface area (Å²) in [4.78, 5) is 11.5. The van der Waals surface area contributed by atoms with Gasteiger partial charge in [-0.1, -0.05) is 25.1 Å². The molecule has 1 unspecified atom stereocenters. The maximum Gasteiger partial charge on any atom is 0.233 e. The molecule has 0 bridgehead atoms. The smallest absolute Gasteiger partial charge is 0.233 e. The zero-order valence-electron chi connectivity index (χ0n) is 11.4. The molecule has 2 rings (SSSR count). The molecule has 0 radical (unpaired) electrons. The minimum absolute atomic E-state index is 0.0137. The van der Waals surface area contributed by atoms with E-state index >= 15 is 0 Å². The van der Waals surface area contributed by atoms with E-state index in [-0.39, 0.29) is 11.9 Å². The Morgan fingerprint density at radius 3 is 2.89 bits per heavy atom. The Balaban J connectivity index is 1.92. The second-order valence-corrected chi connectivity index (χ2v) is 4.64. The maximum absolute atomic E-state index is 11.5. The molecule has 0 aliphatic rings. The molecule has 0 aliphatic carbocycles. The molecular formula is C15H20N2O2. The van der Waals surface area contributed by atoms with Crippen LogP contribution in [0.4, 0.5) is 0 Å². The molecule has 0 saturated carbocycles. The largest absolute Gasteiger partial charge is 0.459 e. The first kappa shape index (κ1) is 13.6. The van der Waals surface area contributed by atoms with Gasteiger partial charge in [0.2, 0.25) is 5.91 Å². The van der Waals surface area contributed by atoms with Crippen LogP contribution in [-0.2, 0) is 4.79 Å². The van der Waals surface area contributed by atoms with E-state index in [0.29, 0.717) is 6.54 Å². The van der Waals surface area contributed by atoms with Gasteiger partial charge in [-0.05, 0) is 25.5 Å². The summed E-state index contributed by atoms with van der Waals surface area (Å²) in [6.07, 6.45) is 0.949. The van der Waals surface area contributed by atoms with Gasteiger partial charge in [0.05, 0.1) is 12.6 Å². The number of para-hydroxylation sites is 1. The molecule has 4 nitrogen and oxygen atoms in total. The van der Waals surface area contributed by atoms with E-state index in [1.54, 1.807) is 0 Å². The molecule has 2 aromatic rings. The Morgan fingerprint density at radius 1 is 1.37 bits per heavy atom. The van der Waals surface area contributed by atoms with E-state index in [1.807, 2.05) is 44.2 Å². The number of carbonyl (C=O) groups is 1. The first-order valence-corrected chi connectivity index (χ1v) is 6.69. The molecule has 19 heavy (non-hydrogen) atoms. The van der Waals surface area contributed by atoms with Crippen LogP contribution < -0.4 is 10.6 Å². The van der Waals surface area contributed by atoms with Gasteiger partial charge >= 0.3 is 0 Å². The quantitative estimate of drug-likeness (QED) is 0.839. The van der Waals surface area contributed by atoms with Crippen LogP contribution in [-0.4, -0.2) is 19.0 Å². The maximum atomic E-state index is 11.5. The number of amides is 1. The van der Waals surface area contributed by atoms with Crippen LogP contribution in [0, 0.1) is 0 Å². The minimum atomic E-state index is 0.0137. The number of fused-ring (bicyclic) bond motifs is 1. The number of furan rings is 1. The van der Waals surface area contributed by atoms with Crippen molar-refractivity contribution in [1.82, 2.24) is 10.6 Å². The third-order valence-electron chi connectivity index (χ3n) is 3.01. The zero-order valence-corrected chi connectivity index (χ0v) is 11.4. The fourth-order valence-corrected chi connectivity index (χ4v) is 1.89. The van der Waals surface area contributed by atoms with Gasteiger partial charge in [-0.15, -0.1) is 0 Å². The van der Waals surface area contributed by atoms with Crippen molar-refractivity contribution in [1.29, 1.82) is 0 Å². The van der Waals surface area contributed by atoms with Gasteiger partial charge in [0, 0.05) is 11.9 Å². The van der Waals surface area contributed by atoms with Gasteiger partial charge in [-0.2, -0.15) is 0 Å². The second-order valence-electron chi connectivity index (χ2n) is 4.64. The number of hydrogen-bond donors (Lipinski definition) is 2. The first-order chi connectivity index (χ1) is 9.20. The molecule has 0 aliphatic heterocycles. The molecule has 1 amide bonds. The second kappa shape index (κ2) is 6.38. The van der Waals surface area contributed by atoms with E-state index in [9.17, 15) is 4.79 Å². The van der Waals surface area contributed by atoms with Crippen LogP contribution in [0.3, 0.4) is 0 Å². The molecule has 1 atom stereocenters. The lowest BCUT2D eigenvalue weighted by molar-refractivity contribution is -0.120. The fraction of sp³-hybridized carbons (Fsp3) is 0.400. The highest BCUT2D eigenvalue weighted by atomic mass is 16.3. The van der Waals surface area contributed by atoms with Crippen molar-refractivity contribution in [3.05, 3.63) is 36.1 Å². The van der Waals surface area contributed by atoms with Crippen LogP contribution in [0.1, 0.15) is 32.1 Å². The van der Waals surface area contributed by atoms with Crippen LogP contribution in [0.25, 0.3) is 11.0 Å². The standard InChI is InChI=1S/C15H20N2O2/c1-3-8-16-15(18)10-17-11(2)14-9-12-6-4-5-7-13(12)19-14/h4-7,9,11,17H,3,8,10H2,1-2H3,(H,16,18). The van der Waals surface area contributed by atoms with Crippen LogP contribution in [0.5, 0.6) is 0 Å². The molecule has 2 N–H and O–H groups in total. The summed E-state index contributed by atoms with van der Waals surface area (Å²) in [7, 11) is 0. The average Bonchev–Trinajstić information content (AvgIpc) is 2.86. The van der Waals surface area contributed by atoms with Crippen molar-refractivity contribution in [3.63, 3.8) is 0 Å². The summed E-state index contributed by atoms with van der Waals surface area (Å²) in [5.74, 6) is 0.870. The summed E-state index contributed by atoms with van der Waals surface area (Å²) in [6, 6.07) is 9.92. The highest BCUT2D eigenvalue weighted by Crippen LogP contribution is 2.23. The highest BCUT2D eigenvalue weighted by Gasteiger charge is 2.12. The number of hydrogen-bond acceptors (Lipinski definition) is 3. The Bertz CT molecular complexity index is 515. The summed E-state index contributed by atoms with van der Waals surface area (Å²) in [5, 5.41) is 7.08. The van der Waals surface area contributed by atoms with Gasteiger partial charge in [0.1, 0.15) is 11.3 Å². The predicted octanol–water partition coefficient (Wildman–Crippen LogP) is 2.61. The van der Waals surface area contributed by atoms with Crippen molar-refractivity contribution in [2.75, 3.05) is 13.1 Å². The Morgan fingerprint density at radius 2 is 2.16 bits per heavy atom. The van der Waals surface area contributed by atoms with Gasteiger partial charge in [0.15, 0.2) is 0 Å². The predicted molar refractivity (Wildman–Crippen MR) is 75.9 cm³/mol. The monoisotopic (exact) mass is 260 g/mol. The molecule has 1 heterocycles. The Kier molecular flexibility index (Phi) is 4.58. The number of nitrogens with one attached hydrogen (secondary N) is 2.